The van der Waals surface area contributed by atoms with E-state index in [0.29, 0.717) is 19.4 Å². The minimum Gasteiger partial charge on any atom is -0.370 e. The van der Waals surface area contributed by atoms with Crippen LogP contribution in [0.25, 0.3) is 0 Å². The minimum absolute atomic E-state index is 0.120. The van der Waals surface area contributed by atoms with E-state index in [-0.39, 0.29) is 17.4 Å². The Kier molecular flexibility index (Phi) is 6.03. The Bertz CT molecular complexity index is 250. The maximum absolute atomic E-state index is 11.3. The van der Waals surface area contributed by atoms with Gasteiger partial charge in [0.15, 0.2) is 0 Å². The molecule has 94 valence electrons. The van der Waals surface area contributed by atoms with Gasteiger partial charge in [0.05, 0.1) is 0 Å². The van der Waals surface area contributed by atoms with Crippen molar-refractivity contribution in [3.8, 4) is 0 Å². The van der Waals surface area contributed by atoms with Gasteiger partial charge in [-0.3, -0.25) is 9.59 Å². The Morgan fingerprint density at radius 2 is 1.88 bits per heavy atom. The molecule has 0 aliphatic carbocycles. The molecular weight excluding hydrogens is 206 g/mol. The highest BCUT2D eigenvalue weighted by atomic mass is 16.2. The molecule has 0 rings (SSSR count). The molecule has 0 aromatic rings. The molecule has 0 aromatic carbocycles. The molecule has 0 bridgehead atoms. The van der Waals surface area contributed by atoms with Crippen LogP contribution < -0.4 is 11.1 Å². The molecule has 0 aromatic heterocycles. The number of carbonyl (C=O) groups is 2. The van der Waals surface area contributed by atoms with Gasteiger partial charge in [-0.2, -0.15) is 0 Å². The second-order valence-electron chi connectivity index (χ2n) is 4.85. The lowest BCUT2D eigenvalue weighted by atomic mass is 10.0. The molecule has 0 saturated carbocycles. The molecule has 5 nitrogen and oxygen atoms in total. The molecule has 0 saturated heterocycles. The molecule has 0 atom stereocenters. The average molecular weight is 229 g/mol. The Morgan fingerprint density at radius 1 is 1.31 bits per heavy atom. The number of amides is 2. The highest BCUT2D eigenvalue weighted by Gasteiger charge is 2.19. The third-order valence-electron chi connectivity index (χ3n) is 2.29. The summed E-state index contributed by atoms with van der Waals surface area (Å²) in [7, 11) is 3.49. The molecule has 0 unspecified atom stereocenters. The van der Waals surface area contributed by atoms with Gasteiger partial charge in [0.25, 0.3) is 0 Å². The van der Waals surface area contributed by atoms with Crippen LogP contribution in [-0.2, 0) is 9.59 Å². The second-order valence-corrected chi connectivity index (χ2v) is 4.85. The zero-order chi connectivity index (χ0) is 12.8. The van der Waals surface area contributed by atoms with Crippen molar-refractivity contribution >= 4 is 11.8 Å². The normalized spacial score (nSPS) is 11.2. The minimum atomic E-state index is -0.318. The van der Waals surface area contributed by atoms with Crippen LogP contribution in [0.3, 0.4) is 0 Å². The quantitative estimate of drug-likeness (QED) is 0.608. The van der Waals surface area contributed by atoms with E-state index < -0.39 is 0 Å². The van der Waals surface area contributed by atoms with Gasteiger partial charge in [-0.15, -0.1) is 0 Å². The van der Waals surface area contributed by atoms with Crippen LogP contribution in [0, 0.1) is 0 Å². The van der Waals surface area contributed by atoms with Crippen molar-refractivity contribution in [2.75, 3.05) is 20.6 Å². The monoisotopic (exact) mass is 229 g/mol. The van der Waals surface area contributed by atoms with E-state index in [0.717, 1.165) is 6.42 Å². The van der Waals surface area contributed by atoms with Crippen molar-refractivity contribution in [2.24, 2.45) is 5.73 Å². The van der Waals surface area contributed by atoms with Gasteiger partial charge in [0, 0.05) is 32.5 Å². The molecule has 0 aliphatic rings. The van der Waals surface area contributed by atoms with E-state index in [1.165, 1.54) is 0 Å². The van der Waals surface area contributed by atoms with Crippen LogP contribution in [0.5, 0.6) is 0 Å². The summed E-state index contributed by atoms with van der Waals surface area (Å²) in [6, 6.07) is 0. The van der Waals surface area contributed by atoms with Gasteiger partial charge in [-0.25, -0.2) is 0 Å². The van der Waals surface area contributed by atoms with Crippen LogP contribution in [0.4, 0.5) is 0 Å². The van der Waals surface area contributed by atoms with E-state index in [2.05, 4.69) is 5.32 Å². The number of hydrogen-bond acceptors (Lipinski definition) is 3. The van der Waals surface area contributed by atoms with Crippen molar-refractivity contribution in [3.05, 3.63) is 0 Å². The Labute approximate surface area is 97.4 Å². The molecule has 3 N–H and O–H groups in total. The third-order valence-corrected chi connectivity index (χ3v) is 2.29. The Morgan fingerprint density at radius 3 is 2.31 bits per heavy atom. The molecule has 0 heterocycles. The molecule has 0 radical (unpaired) electrons. The van der Waals surface area contributed by atoms with Crippen LogP contribution in [0.15, 0.2) is 0 Å². The number of nitrogens with one attached hydrogen (secondary N) is 1. The van der Waals surface area contributed by atoms with E-state index in [1.54, 1.807) is 19.0 Å². The summed E-state index contributed by atoms with van der Waals surface area (Å²) in [6.07, 6.45) is 1.58. The Balaban J connectivity index is 3.73. The zero-order valence-electron chi connectivity index (χ0n) is 10.7. The smallest absolute Gasteiger partial charge is 0.222 e. The van der Waals surface area contributed by atoms with Crippen molar-refractivity contribution < 1.29 is 9.59 Å². The predicted molar refractivity (Wildman–Crippen MR) is 63.8 cm³/mol. The summed E-state index contributed by atoms with van der Waals surface area (Å²) >= 11 is 0. The summed E-state index contributed by atoms with van der Waals surface area (Å²) in [5.74, 6) is -0.198. The predicted octanol–water partition coefficient (Wildman–Crippen LogP) is 0.0984. The first-order chi connectivity index (χ1) is 7.24. The fourth-order valence-electron chi connectivity index (χ4n) is 1.39. The van der Waals surface area contributed by atoms with Gasteiger partial charge in [-0.05, 0) is 26.8 Å². The van der Waals surface area contributed by atoms with Crippen molar-refractivity contribution in [2.45, 2.75) is 38.6 Å². The first kappa shape index (κ1) is 14.9. The number of nitrogens with zero attached hydrogens (tertiary/aromatic N) is 1. The largest absolute Gasteiger partial charge is 0.370 e. The fraction of sp³-hybridized carbons (Fsp3) is 0.818. The molecular formula is C11H23N3O2. The molecule has 0 spiro atoms. The molecule has 16 heavy (non-hydrogen) atoms. The molecule has 0 fully saturated rings. The molecule has 2 amide bonds. The number of primary amides is 1. The summed E-state index contributed by atoms with van der Waals surface area (Å²) in [5, 5.41) is 3.21. The van der Waals surface area contributed by atoms with Gasteiger partial charge in [0.1, 0.15) is 0 Å². The third kappa shape index (κ3) is 7.23. The van der Waals surface area contributed by atoms with Gasteiger partial charge < -0.3 is 16.0 Å². The van der Waals surface area contributed by atoms with E-state index in [1.807, 2.05) is 13.8 Å². The van der Waals surface area contributed by atoms with Crippen molar-refractivity contribution in [1.82, 2.24) is 10.2 Å². The van der Waals surface area contributed by atoms with Gasteiger partial charge in [0.2, 0.25) is 11.8 Å². The van der Waals surface area contributed by atoms with Crippen LogP contribution >= 0.6 is 0 Å². The second kappa shape index (κ2) is 6.48. The van der Waals surface area contributed by atoms with Crippen LogP contribution in [-0.4, -0.2) is 42.9 Å². The lowest BCUT2D eigenvalue weighted by Gasteiger charge is -2.24. The Hall–Kier alpha value is -1.10. The van der Waals surface area contributed by atoms with E-state index in [9.17, 15) is 9.59 Å². The summed E-state index contributed by atoms with van der Waals surface area (Å²) in [4.78, 5) is 23.6. The summed E-state index contributed by atoms with van der Waals surface area (Å²) in [6.45, 7) is 4.55. The number of nitrogens with two attached hydrogens (primary N) is 1. The van der Waals surface area contributed by atoms with Crippen LogP contribution in [0.2, 0.25) is 0 Å². The molecule has 0 aliphatic heterocycles. The topological polar surface area (TPSA) is 75.4 Å². The SMILES string of the molecule is CN(C)C(=O)CCCNC(C)(C)CC(N)=O. The highest BCUT2D eigenvalue weighted by Crippen LogP contribution is 2.07. The zero-order valence-corrected chi connectivity index (χ0v) is 10.7. The van der Waals surface area contributed by atoms with Crippen molar-refractivity contribution in [1.29, 1.82) is 0 Å². The average Bonchev–Trinajstić information content (AvgIpc) is 2.09. The lowest BCUT2D eigenvalue weighted by molar-refractivity contribution is -0.128. The fourth-order valence-corrected chi connectivity index (χ4v) is 1.39. The maximum Gasteiger partial charge on any atom is 0.222 e. The first-order valence-corrected chi connectivity index (χ1v) is 5.48. The van der Waals surface area contributed by atoms with Crippen molar-refractivity contribution in [3.63, 3.8) is 0 Å². The summed E-state index contributed by atoms with van der Waals surface area (Å²) in [5.41, 5.74) is 4.83. The van der Waals surface area contributed by atoms with Gasteiger partial charge >= 0.3 is 0 Å². The van der Waals surface area contributed by atoms with E-state index >= 15 is 0 Å². The number of rotatable bonds is 7. The van der Waals surface area contributed by atoms with Crippen LogP contribution in [0.1, 0.15) is 33.1 Å². The molecule has 5 heteroatoms. The van der Waals surface area contributed by atoms with Gasteiger partial charge in [-0.1, -0.05) is 0 Å². The highest BCUT2D eigenvalue weighted by molar-refractivity contribution is 5.75. The maximum atomic E-state index is 11.3. The number of hydrogen-bond donors (Lipinski definition) is 2. The number of carbonyl (C=O) groups excluding carboxylic acids is 2. The summed E-state index contributed by atoms with van der Waals surface area (Å²) < 4.78 is 0. The first-order valence-electron chi connectivity index (χ1n) is 5.48. The standard InChI is InChI=1S/C11H23N3O2/c1-11(2,8-9(12)15)13-7-5-6-10(16)14(3)4/h13H,5-8H2,1-4H3,(H2,12,15). The lowest BCUT2D eigenvalue weighted by Crippen LogP contribution is -2.43. The van der Waals surface area contributed by atoms with E-state index in [4.69, 9.17) is 5.73 Å².